The summed E-state index contributed by atoms with van der Waals surface area (Å²) in [6.07, 6.45) is 3.02. The van der Waals surface area contributed by atoms with E-state index in [4.69, 9.17) is 4.74 Å². The molecular weight excluding hydrogens is 228 g/mol. The number of aromatic nitrogens is 1. The summed E-state index contributed by atoms with van der Waals surface area (Å²) in [6.45, 7) is 2.53. The van der Waals surface area contributed by atoms with E-state index in [0.29, 0.717) is 18.7 Å². The van der Waals surface area contributed by atoms with Gasteiger partial charge in [0.1, 0.15) is 5.82 Å². The topological polar surface area (TPSA) is 58.2 Å². The standard InChI is InChI=1S/C13H22N4O/c1-14-11-4-6-17-13(11)10-3-5-15-12(9-10)16-7-8-18-2/h3,5,9,11,13-14,17H,4,6-8H2,1-2H3,(H,15,16)/t11-,13?/m1/s1. The van der Waals surface area contributed by atoms with E-state index in [0.717, 1.165) is 25.3 Å². The fraction of sp³-hybridized carbons (Fsp3) is 0.615. The number of ether oxygens (including phenoxy) is 1. The maximum atomic E-state index is 5.02. The second kappa shape index (κ2) is 6.68. The third-order valence-corrected chi connectivity index (χ3v) is 3.35. The minimum absolute atomic E-state index is 0.376. The first-order valence-electron chi connectivity index (χ1n) is 6.44. The normalized spacial score (nSPS) is 23.2. The van der Waals surface area contributed by atoms with Crippen molar-refractivity contribution in [2.24, 2.45) is 0 Å². The van der Waals surface area contributed by atoms with Crippen molar-refractivity contribution in [2.45, 2.75) is 18.5 Å². The number of pyridine rings is 1. The predicted molar refractivity (Wildman–Crippen MR) is 72.8 cm³/mol. The van der Waals surface area contributed by atoms with Gasteiger partial charge in [-0.15, -0.1) is 0 Å². The molecule has 5 heteroatoms. The van der Waals surface area contributed by atoms with E-state index in [1.165, 1.54) is 5.56 Å². The quantitative estimate of drug-likeness (QED) is 0.651. The second-order valence-electron chi connectivity index (χ2n) is 4.51. The summed E-state index contributed by atoms with van der Waals surface area (Å²) in [5.41, 5.74) is 1.28. The lowest BCUT2D eigenvalue weighted by molar-refractivity contribution is 0.210. The molecule has 0 radical (unpaired) electrons. The molecule has 0 amide bonds. The van der Waals surface area contributed by atoms with Crippen LogP contribution in [0.4, 0.5) is 5.82 Å². The highest BCUT2D eigenvalue weighted by molar-refractivity contribution is 5.39. The third-order valence-electron chi connectivity index (χ3n) is 3.35. The Morgan fingerprint density at radius 3 is 3.22 bits per heavy atom. The van der Waals surface area contributed by atoms with Crippen LogP contribution in [0.3, 0.4) is 0 Å². The molecule has 1 aromatic rings. The average molecular weight is 250 g/mol. The van der Waals surface area contributed by atoms with Crippen LogP contribution in [0.1, 0.15) is 18.0 Å². The summed E-state index contributed by atoms with van der Waals surface area (Å²) < 4.78 is 5.02. The van der Waals surface area contributed by atoms with Gasteiger partial charge < -0.3 is 20.7 Å². The Hall–Kier alpha value is -1.17. The van der Waals surface area contributed by atoms with Crippen LogP contribution in [0, 0.1) is 0 Å². The van der Waals surface area contributed by atoms with Gasteiger partial charge in [0.2, 0.25) is 0 Å². The molecule has 1 fully saturated rings. The number of likely N-dealkylation sites (N-methyl/N-ethyl adjacent to an activating group) is 1. The van der Waals surface area contributed by atoms with Gasteiger partial charge in [-0.05, 0) is 37.7 Å². The van der Waals surface area contributed by atoms with E-state index in [9.17, 15) is 0 Å². The molecule has 3 N–H and O–H groups in total. The van der Waals surface area contributed by atoms with Crippen LogP contribution in [0.15, 0.2) is 18.3 Å². The van der Waals surface area contributed by atoms with Gasteiger partial charge in [-0.2, -0.15) is 0 Å². The zero-order chi connectivity index (χ0) is 12.8. The third kappa shape index (κ3) is 3.19. The second-order valence-corrected chi connectivity index (χ2v) is 4.51. The van der Waals surface area contributed by atoms with Gasteiger partial charge in [-0.25, -0.2) is 4.98 Å². The number of nitrogens with zero attached hydrogens (tertiary/aromatic N) is 1. The Balaban J connectivity index is 2.02. The molecule has 0 saturated carbocycles. The molecule has 0 aliphatic carbocycles. The van der Waals surface area contributed by atoms with E-state index in [1.54, 1.807) is 7.11 Å². The van der Waals surface area contributed by atoms with Crippen molar-refractivity contribution in [1.29, 1.82) is 0 Å². The van der Waals surface area contributed by atoms with Gasteiger partial charge in [-0.1, -0.05) is 0 Å². The summed E-state index contributed by atoms with van der Waals surface area (Å²) in [4.78, 5) is 4.32. The largest absolute Gasteiger partial charge is 0.383 e. The van der Waals surface area contributed by atoms with Crippen LogP contribution in [0.25, 0.3) is 0 Å². The van der Waals surface area contributed by atoms with Gasteiger partial charge in [0.05, 0.1) is 6.61 Å². The molecule has 1 unspecified atom stereocenters. The average Bonchev–Trinajstić information content (AvgIpc) is 2.88. The predicted octanol–water partition coefficient (Wildman–Crippen LogP) is 0.762. The first-order valence-corrected chi connectivity index (χ1v) is 6.44. The summed E-state index contributed by atoms with van der Waals surface area (Å²) in [5.74, 6) is 0.910. The molecule has 18 heavy (non-hydrogen) atoms. The number of hydrogen-bond donors (Lipinski definition) is 3. The van der Waals surface area contributed by atoms with Crippen LogP contribution >= 0.6 is 0 Å². The SMILES string of the molecule is CN[C@@H]1CCNC1c1ccnc(NCCOC)c1. The minimum Gasteiger partial charge on any atom is -0.383 e. The first-order chi connectivity index (χ1) is 8.85. The molecule has 1 aliphatic heterocycles. The molecule has 1 saturated heterocycles. The monoisotopic (exact) mass is 250 g/mol. The van der Waals surface area contributed by atoms with Crippen molar-refractivity contribution in [3.8, 4) is 0 Å². The lowest BCUT2D eigenvalue weighted by atomic mass is 10.0. The van der Waals surface area contributed by atoms with Crippen LogP contribution in [-0.4, -0.2) is 44.9 Å². The number of hydrogen-bond acceptors (Lipinski definition) is 5. The highest BCUT2D eigenvalue weighted by Crippen LogP contribution is 2.24. The van der Waals surface area contributed by atoms with Crippen molar-refractivity contribution in [2.75, 3.05) is 39.2 Å². The summed E-state index contributed by atoms with van der Waals surface area (Å²) in [5, 5.41) is 10.1. The molecule has 1 aliphatic rings. The van der Waals surface area contributed by atoms with Gasteiger partial charge in [0.25, 0.3) is 0 Å². The minimum atomic E-state index is 0.376. The zero-order valence-corrected chi connectivity index (χ0v) is 11.1. The van der Waals surface area contributed by atoms with Crippen LogP contribution in [0.2, 0.25) is 0 Å². The highest BCUT2D eigenvalue weighted by atomic mass is 16.5. The molecule has 2 rings (SSSR count). The van der Waals surface area contributed by atoms with Gasteiger partial charge >= 0.3 is 0 Å². The van der Waals surface area contributed by atoms with E-state index >= 15 is 0 Å². The Labute approximate surface area is 108 Å². The van der Waals surface area contributed by atoms with E-state index in [-0.39, 0.29) is 0 Å². The lowest BCUT2D eigenvalue weighted by Crippen LogP contribution is -2.31. The number of nitrogens with one attached hydrogen (secondary N) is 3. The molecule has 0 bridgehead atoms. The summed E-state index contributed by atoms with van der Waals surface area (Å²) >= 11 is 0. The highest BCUT2D eigenvalue weighted by Gasteiger charge is 2.26. The van der Waals surface area contributed by atoms with Crippen molar-refractivity contribution >= 4 is 5.82 Å². The van der Waals surface area contributed by atoms with Crippen molar-refractivity contribution in [1.82, 2.24) is 15.6 Å². The van der Waals surface area contributed by atoms with Crippen LogP contribution in [0.5, 0.6) is 0 Å². The van der Waals surface area contributed by atoms with E-state index < -0.39 is 0 Å². The summed E-state index contributed by atoms with van der Waals surface area (Å²) in [6, 6.07) is 5.07. The van der Waals surface area contributed by atoms with Gasteiger partial charge in [-0.3, -0.25) is 0 Å². The molecule has 2 heterocycles. The number of anilines is 1. The number of rotatable bonds is 6. The van der Waals surface area contributed by atoms with E-state index in [1.807, 2.05) is 13.2 Å². The van der Waals surface area contributed by atoms with E-state index in [2.05, 4.69) is 33.1 Å². The number of methoxy groups -OCH3 is 1. The molecule has 0 aromatic carbocycles. The Morgan fingerprint density at radius 1 is 1.56 bits per heavy atom. The molecule has 1 aromatic heterocycles. The Kier molecular flexibility index (Phi) is 4.92. The maximum Gasteiger partial charge on any atom is 0.126 e. The Bertz CT molecular complexity index is 372. The lowest BCUT2D eigenvalue weighted by Gasteiger charge is -2.19. The molecule has 5 nitrogen and oxygen atoms in total. The molecule has 0 spiro atoms. The molecule has 2 atom stereocenters. The first kappa shape index (κ1) is 13.3. The maximum absolute atomic E-state index is 5.02. The molecule has 100 valence electrons. The smallest absolute Gasteiger partial charge is 0.126 e. The van der Waals surface area contributed by atoms with Gasteiger partial charge in [0, 0.05) is 31.9 Å². The van der Waals surface area contributed by atoms with Crippen LogP contribution < -0.4 is 16.0 Å². The van der Waals surface area contributed by atoms with Crippen LogP contribution in [-0.2, 0) is 4.74 Å². The molecular formula is C13H22N4O. The zero-order valence-electron chi connectivity index (χ0n) is 11.1. The fourth-order valence-corrected chi connectivity index (χ4v) is 2.38. The summed E-state index contributed by atoms with van der Waals surface area (Å²) in [7, 11) is 3.72. The van der Waals surface area contributed by atoms with Gasteiger partial charge in [0.15, 0.2) is 0 Å². The van der Waals surface area contributed by atoms with Crippen molar-refractivity contribution < 1.29 is 4.74 Å². The Morgan fingerprint density at radius 2 is 2.44 bits per heavy atom. The fourth-order valence-electron chi connectivity index (χ4n) is 2.38. The van der Waals surface area contributed by atoms with Crippen molar-refractivity contribution in [3.63, 3.8) is 0 Å². The van der Waals surface area contributed by atoms with Crippen molar-refractivity contribution in [3.05, 3.63) is 23.9 Å².